The first-order valence-electron chi connectivity index (χ1n) is 10.6. The van der Waals surface area contributed by atoms with Crippen molar-refractivity contribution in [1.29, 1.82) is 0 Å². The molecule has 0 spiro atoms. The summed E-state index contributed by atoms with van der Waals surface area (Å²) in [6.07, 6.45) is 6.34. The fourth-order valence-corrected chi connectivity index (χ4v) is 4.28. The highest BCUT2D eigenvalue weighted by Gasteiger charge is 2.33. The lowest BCUT2D eigenvalue weighted by molar-refractivity contribution is 0.122. The molecule has 6 heteroatoms. The Morgan fingerprint density at radius 2 is 1.86 bits per heavy atom. The van der Waals surface area contributed by atoms with Gasteiger partial charge in [0.2, 0.25) is 0 Å². The van der Waals surface area contributed by atoms with Gasteiger partial charge in [-0.3, -0.25) is 4.99 Å². The molecular formula is C22H36N4O2. The number of anilines is 1. The van der Waals surface area contributed by atoms with Crippen LogP contribution in [0.1, 0.15) is 37.7 Å². The van der Waals surface area contributed by atoms with E-state index in [0.717, 1.165) is 58.4 Å². The second kappa shape index (κ2) is 10.7. The van der Waals surface area contributed by atoms with E-state index in [-0.39, 0.29) is 0 Å². The van der Waals surface area contributed by atoms with Crippen LogP contribution in [0.25, 0.3) is 0 Å². The van der Waals surface area contributed by atoms with Crippen LogP contribution < -0.4 is 15.5 Å². The third kappa shape index (κ3) is 5.85. The number of guanidine groups is 1. The Balaban J connectivity index is 1.47. The van der Waals surface area contributed by atoms with E-state index >= 15 is 0 Å². The Kier molecular flexibility index (Phi) is 7.98. The van der Waals surface area contributed by atoms with Crippen molar-refractivity contribution in [2.45, 2.75) is 38.6 Å². The average Bonchev–Trinajstić information content (AvgIpc) is 3.22. The van der Waals surface area contributed by atoms with Crippen LogP contribution in [0.15, 0.2) is 29.3 Å². The van der Waals surface area contributed by atoms with Gasteiger partial charge in [-0.05, 0) is 42.4 Å². The number of methoxy groups -OCH3 is 1. The first kappa shape index (κ1) is 20.9. The van der Waals surface area contributed by atoms with Crippen molar-refractivity contribution in [2.75, 3.05) is 58.5 Å². The van der Waals surface area contributed by atoms with Gasteiger partial charge in [-0.2, -0.15) is 0 Å². The van der Waals surface area contributed by atoms with E-state index in [1.54, 1.807) is 7.11 Å². The van der Waals surface area contributed by atoms with Crippen LogP contribution in [0, 0.1) is 5.41 Å². The minimum atomic E-state index is 0.355. The first-order valence-corrected chi connectivity index (χ1v) is 10.6. The molecule has 6 nitrogen and oxygen atoms in total. The molecular weight excluding hydrogens is 352 g/mol. The Bertz CT molecular complexity index is 605. The molecule has 2 N–H and O–H groups in total. The SMILES string of the molecule is CN=C(NCc1ccc(N2CCOCC2)cc1)NCC1(CCOC)CCCC1. The first-order chi connectivity index (χ1) is 13.7. The quantitative estimate of drug-likeness (QED) is 0.530. The highest BCUT2D eigenvalue weighted by atomic mass is 16.5. The van der Waals surface area contributed by atoms with Gasteiger partial charge in [-0.1, -0.05) is 25.0 Å². The lowest BCUT2D eigenvalue weighted by atomic mass is 9.83. The summed E-state index contributed by atoms with van der Waals surface area (Å²) in [6, 6.07) is 8.80. The molecule has 1 heterocycles. The highest BCUT2D eigenvalue weighted by molar-refractivity contribution is 5.79. The zero-order chi connectivity index (χ0) is 19.7. The lowest BCUT2D eigenvalue weighted by Crippen LogP contribution is -2.43. The second-order valence-electron chi connectivity index (χ2n) is 8.00. The van der Waals surface area contributed by atoms with Crippen LogP contribution in [0.3, 0.4) is 0 Å². The summed E-state index contributed by atoms with van der Waals surface area (Å²) in [4.78, 5) is 6.78. The molecule has 0 bridgehead atoms. The minimum absolute atomic E-state index is 0.355. The summed E-state index contributed by atoms with van der Waals surface area (Å²) in [7, 11) is 3.63. The van der Waals surface area contributed by atoms with Crippen LogP contribution in [0.4, 0.5) is 5.69 Å². The molecule has 0 aromatic heterocycles. The van der Waals surface area contributed by atoms with Crippen molar-refractivity contribution in [2.24, 2.45) is 10.4 Å². The highest BCUT2D eigenvalue weighted by Crippen LogP contribution is 2.40. The summed E-state index contributed by atoms with van der Waals surface area (Å²) in [5.74, 6) is 0.876. The van der Waals surface area contributed by atoms with Crippen molar-refractivity contribution in [3.05, 3.63) is 29.8 Å². The number of morpholine rings is 1. The van der Waals surface area contributed by atoms with Gasteiger partial charge in [0.25, 0.3) is 0 Å². The standard InChI is InChI=1S/C22H36N4O2/c1-23-21(25-18-22(11-14-27-2)9-3-4-10-22)24-17-19-5-7-20(8-6-19)26-12-15-28-16-13-26/h5-8H,3-4,9-18H2,1-2H3,(H2,23,24,25). The van der Waals surface area contributed by atoms with E-state index in [1.165, 1.54) is 36.9 Å². The van der Waals surface area contributed by atoms with Gasteiger partial charge in [0.05, 0.1) is 13.2 Å². The molecule has 1 aromatic rings. The van der Waals surface area contributed by atoms with Crippen molar-refractivity contribution in [3.8, 4) is 0 Å². The van der Waals surface area contributed by atoms with Crippen LogP contribution in [-0.2, 0) is 16.0 Å². The molecule has 3 rings (SSSR count). The van der Waals surface area contributed by atoms with Crippen molar-refractivity contribution in [1.82, 2.24) is 10.6 Å². The van der Waals surface area contributed by atoms with E-state index < -0.39 is 0 Å². The lowest BCUT2D eigenvalue weighted by Gasteiger charge is -2.30. The Morgan fingerprint density at radius 1 is 1.14 bits per heavy atom. The third-order valence-electron chi connectivity index (χ3n) is 6.13. The van der Waals surface area contributed by atoms with Gasteiger partial charge in [0.15, 0.2) is 5.96 Å². The van der Waals surface area contributed by atoms with Gasteiger partial charge in [0.1, 0.15) is 0 Å². The van der Waals surface area contributed by atoms with Crippen LogP contribution in [-0.4, -0.2) is 59.6 Å². The molecule has 2 aliphatic rings. The summed E-state index contributed by atoms with van der Waals surface area (Å²) < 4.78 is 10.8. The fourth-order valence-electron chi connectivity index (χ4n) is 4.28. The number of rotatable bonds is 8. The Morgan fingerprint density at radius 3 is 2.50 bits per heavy atom. The maximum atomic E-state index is 5.43. The summed E-state index contributed by atoms with van der Waals surface area (Å²) >= 11 is 0. The van der Waals surface area contributed by atoms with Gasteiger partial charge in [-0.25, -0.2) is 0 Å². The largest absolute Gasteiger partial charge is 0.385 e. The summed E-state index contributed by atoms with van der Waals surface area (Å²) in [5, 5.41) is 7.01. The van der Waals surface area contributed by atoms with Crippen molar-refractivity contribution >= 4 is 11.6 Å². The van der Waals surface area contributed by atoms with Crippen molar-refractivity contribution in [3.63, 3.8) is 0 Å². The Hall–Kier alpha value is -1.79. The van der Waals surface area contributed by atoms with E-state index in [9.17, 15) is 0 Å². The smallest absolute Gasteiger partial charge is 0.191 e. The predicted octanol–water partition coefficient (Wildman–Crippen LogP) is 2.79. The molecule has 0 atom stereocenters. The average molecular weight is 389 g/mol. The Labute approximate surface area is 169 Å². The molecule has 2 fully saturated rings. The molecule has 1 aliphatic heterocycles. The minimum Gasteiger partial charge on any atom is -0.385 e. The zero-order valence-electron chi connectivity index (χ0n) is 17.5. The molecule has 1 saturated carbocycles. The van der Waals surface area contributed by atoms with Crippen LogP contribution in [0.5, 0.6) is 0 Å². The predicted molar refractivity (Wildman–Crippen MR) is 115 cm³/mol. The molecule has 0 amide bonds. The van der Waals surface area contributed by atoms with E-state index in [4.69, 9.17) is 9.47 Å². The van der Waals surface area contributed by atoms with E-state index in [0.29, 0.717) is 5.41 Å². The molecule has 1 aromatic carbocycles. The number of nitrogens with zero attached hydrogens (tertiary/aromatic N) is 2. The normalized spacial score (nSPS) is 19.6. The maximum Gasteiger partial charge on any atom is 0.191 e. The number of aliphatic imine (C=N–C) groups is 1. The summed E-state index contributed by atoms with van der Waals surface area (Å²) in [6.45, 7) is 6.15. The van der Waals surface area contributed by atoms with Gasteiger partial charge < -0.3 is 25.0 Å². The van der Waals surface area contributed by atoms with Gasteiger partial charge in [-0.15, -0.1) is 0 Å². The molecule has 0 radical (unpaired) electrons. The van der Waals surface area contributed by atoms with Crippen molar-refractivity contribution < 1.29 is 9.47 Å². The summed E-state index contributed by atoms with van der Waals surface area (Å²) in [5.41, 5.74) is 2.89. The van der Waals surface area contributed by atoms with Crippen LogP contribution in [0.2, 0.25) is 0 Å². The molecule has 1 aliphatic carbocycles. The number of benzene rings is 1. The molecule has 28 heavy (non-hydrogen) atoms. The zero-order valence-corrected chi connectivity index (χ0v) is 17.5. The number of hydrogen-bond donors (Lipinski definition) is 2. The van der Waals surface area contributed by atoms with Crippen LogP contribution >= 0.6 is 0 Å². The van der Waals surface area contributed by atoms with Gasteiger partial charge in [0, 0.05) is 52.6 Å². The molecule has 156 valence electrons. The maximum absolute atomic E-state index is 5.43. The van der Waals surface area contributed by atoms with E-state index in [2.05, 4.69) is 44.8 Å². The monoisotopic (exact) mass is 388 g/mol. The fraction of sp³-hybridized carbons (Fsp3) is 0.682. The number of hydrogen-bond acceptors (Lipinski definition) is 4. The van der Waals surface area contributed by atoms with Gasteiger partial charge >= 0.3 is 0 Å². The molecule has 0 unspecified atom stereocenters. The topological polar surface area (TPSA) is 58.1 Å². The number of ether oxygens (including phenoxy) is 2. The third-order valence-corrected chi connectivity index (χ3v) is 6.13. The second-order valence-corrected chi connectivity index (χ2v) is 8.00. The molecule has 1 saturated heterocycles. The van der Waals surface area contributed by atoms with E-state index in [1.807, 2.05) is 7.05 Å². The number of nitrogens with one attached hydrogen (secondary N) is 2.